The third-order valence-corrected chi connectivity index (χ3v) is 22.0. The van der Waals surface area contributed by atoms with Crippen molar-refractivity contribution in [1.29, 1.82) is 0 Å². The van der Waals surface area contributed by atoms with Crippen molar-refractivity contribution in [2.45, 2.75) is 162 Å². The van der Waals surface area contributed by atoms with Gasteiger partial charge in [-0.15, -0.1) is 0 Å². The molecular weight excluding hydrogens is 715 g/mol. The predicted molar refractivity (Wildman–Crippen MR) is 236 cm³/mol. The van der Waals surface area contributed by atoms with Crippen LogP contribution in [0.5, 0.6) is 0 Å². The number of ether oxygens (including phenoxy) is 2. The van der Waals surface area contributed by atoms with Crippen molar-refractivity contribution in [3.63, 3.8) is 0 Å². The lowest BCUT2D eigenvalue weighted by atomic mass is 9.71. The van der Waals surface area contributed by atoms with Crippen molar-refractivity contribution in [3.05, 3.63) is 84.4 Å². The number of allylic oxidation sites excluding steroid dienone is 2. The zero-order valence-electron chi connectivity index (χ0n) is 37.1. The van der Waals surface area contributed by atoms with Crippen LogP contribution in [0.4, 0.5) is 0 Å². The van der Waals surface area contributed by atoms with Gasteiger partial charge in [-0.3, -0.25) is 0 Å². The van der Waals surface area contributed by atoms with E-state index in [1.165, 1.54) is 10.4 Å². The molecule has 55 heavy (non-hydrogen) atoms. The van der Waals surface area contributed by atoms with Gasteiger partial charge in [0.2, 0.25) is 0 Å². The Morgan fingerprint density at radius 2 is 1.40 bits per heavy atom. The molecule has 0 aliphatic carbocycles. The van der Waals surface area contributed by atoms with Crippen LogP contribution in [0.15, 0.2) is 84.4 Å². The van der Waals surface area contributed by atoms with Crippen LogP contribution in [-0.4, -0.2) is 67.2 Å². The van der Waals surface area contributed by atoms with Crippen LogP contribution in [0.2, 0.25) is 23.2 Å². The van der Waals surface area contributed by atoms with Crippen molar-refractivity contribution in [2.75, 3.05) is 19.8 Å². The van der Waals surface area contributed by atoms with Crippen molar-refractivity contribution < 1.29 is 27.6 Å². The third kappa shape index (κ3) is 11.4. The van der Waals surface area contributed by atoms with Crippen molar-refractivity contribution in [1.82, 2.24) is 0 Å². The fourth-order valence-corrected chi connectivity index (χ4v) is 13.6. The molecule has 0 amide bonds. The second kappa shape index (κ2) is 18.4. The van der Waals surface area contributed by atoms with Crippen LogP contribution in [0.1, 0.15) is 115 Å². The topological polar surface area (TPSA) is 55.4 Å². The lowest BCUT2D eigenvalue weighted by Gasteiger charge is -2.43. The van der Waals surface area contributed by atoms with E-state index >= 15 is 0 Å². The van der Waals surface area contributed by atoms with Gasteiger partial charge in [0, 0.05) is 13.2 Å². The highest BCUT2D eigenvalue weighted by Gasteiger charge is 2.53. The highest BCUT2D eigenvalue weighted by atomic mass is 28.4. The highest BCUT2D eigenvalue weighted by Crippen LogP contribution is 2.42. The second-order valence-electron chi connectivity index (χ2n) is 19.9. The van der Waals surface area contributed by atoms with Crippen LogP contribution >= 0.6 is 0 Å². The molecule has 6 nitrogen and oxygen atoms in total. The molecule has 4 atom stereocenters. The Labute approximate surface area is 338 Å². The molecule has 0 spiro atoms. The molecule has 4 rings (SSSR count). The van der Waals surface area contributed by atoms with Crippen molar-refractivity contribution in [3.8, 4) is 0 Å². The quantitative estimate of drug-likeness (QED) is 0.118. The molecule has 1 unspecified atom stereocenters. The van der Waals surface area contributed by atoms with Gasteiger partial charge in [-0.1, -0.05) is 134 Å². The Morgan fingerprint density at radius 3 is 1.87 bits per heavy atom. The summed E-state index contributed by atoms with van der Waals surface area (Å²) in [7, 11) is -5.30. The monoisotopic (exact) mass is 791 g/mol. The first-order valence-electron chi connectivity index (χ1n) is 20.9. The summed E-state index contributed by atoms with van der Waals surface area (Å²) in [4.78, 5) is 0. The van der Waals surface area contributed by atoms with E-state index in [1.807, 2.05) is 0 Å². The first-order chi connectivity index (χ1) is 25.5. The normalized spacial score (nSPS) is 21.3. The molecule has 2 aromatic carbocycles. The zero-order valence-corrected chi connectivity index (χ0v) is 39.1. The minimum Gasteiger partial charge on any atom is -0.411 e. The first kappa shape index (κ1) is 45.9. The summed E-state index contributed by atoms with van der Waals surface area (Å²) >= 11 is 0. The average Bonchev–Trinajstić information content (AvgIpc) is 3.32. The molecule has 306 valence electrons. The summed E-state index contributed by atoms with van der Waals surface area (Å²) in [6, 6.07) is 21.8. The maximum atomic E-state index is 7.35. The summed E-state index contributed by atoms with van der Waals surface area (Å²) in [5, 5.41) is 2.60. The number of benzene rings is 2. The van der Waals surface area contributed by atoms with E-state index in [1.54, 1.807) is 0 Å². The fourth-order valence-electron chi connectivity index (χ4n) is 7.62. The number of hydrogen-bond acceptors (Lipinski definition) is 6. The molecule has 2 aliphatic heterocycles. The van der Waals surface area contributed by atoms with Gasteiger partial charge < -0.3 is 27.6 Å². The summed E-state index contributed by atoms with van der Waals surface area (Å²) < 4.78 is 40.2. The Bertz CT molecular complexity index is 1480. The molecular formula is C46H75BO6Si2. The van der Waals surface area contributed by atoms with Crippen molar-refractivity contribution in [2.24, 2.45) is 11.8 Å². The Morgan fingerprint density at radius 1 is 0.855 bits per heavy atom. The molecule has 0 N–H and O–H groups in total. The van der Waals surface area contributed by atoms with Gasteiger partial charge in [0.15, 0.2) is 14.6 Å². The minimum atomic E-state index is -2.64. The number of hydrogen-bond donors (Lipinski definition) is 0. The van der Waals surface area contributed by atoms with Crippen LogP contribution in [0.25, 0.3) is 0 Å². The van der Waals surface area contributed by atoms with Gasteiger partial charge in [0.1, 0.15) is 0 Å². The SMILES string of the molecule is C=C(C[C@@H](COC1CCCCO1)O[Si](C)(C)C(C)(C)C)/C(=C/[C@H](C)C[C@@H](C)CO[Si](c1ccccc1)(c1ccccc1)C(C)(C)C)B1OC(C)(C)C(C)(C)O1. The maximum Gasteiger partial charge on any atom is 0.494 e. The standard InChI is InChI=1S/C46H75BO6Si2/c1-35(30-36(2)33-50-55(44(7,8)9,39-24-18-16-19-25-39)40-26-20-17-21-27-40)31-41(47-52-45(10,11)46(12,13)53-47)37(3)32-38(51-54(14,15)43(4,5)6)34-49-42-28-22-23-29-48-42/h16-21,24-27,31,35-36,38,42H,3,22-23,28-30,32-34H2,1-2,4-15H3/b41-31-/t35-,36-,38+,42?/m1/s1. The van der Waals surface area contributed by atoms with Crippen LogP contribution < -0.4 is 10.4 Å². The predicted octanol–water partition coefficient (Wildman–Crippen LogP) is 10.7. The molecule has 9 heteroatoms. The molecule has 0 aromatic heterocycles. The lowest BCUT2D eigenvalue weighted by Crippen LogP contribution is -2.66. The Hall–Kier alpha value is -1.82. The highest BCUT2D eigenvalue weighted by molar-refractivity contribution is 6.99. The summed E-state index contributed by atoms with van der Waals surface area (Å²) in [5.41, 5.74) is 1.02. The fraction of sp³-hybridized carbons (Fsp3) is 0.652. The number of rotatable bonds is 17. The summed E-state index contributed by atoms with van der Waals surface area (Å²) in [6.45, 7) is 38.2. The van der Waals surface area contributed by atoms with E-state index in [9.17, 15) is 0 Å². The molecule has 0 saturated carbocycles. The van der Waals surface area contributed by atoms with E-state index < -0.39 is 35.0 Å². The van der Waals surface area contributed by atoms with Gasteiger partial charge in [-0.05, 0) is 111 Å². The van der Waals surface area contributed by atoms with E-state index in [0.29, 0.717) is 25.6 Å². The van der Waals surface area contributed by atoms with Crippen LogP contribution in [-0.2, 0) is 27.6 Å². The Balaban J connectivity index is 1.60. The molecule has 2 fully saturated rings. The molecule has 2 heterocycles. The van der Waals surface area contributed by atoms with Crippen LogP contribution in [0.3, 0.4) is 0 Å². The summed E-state index contributed by atoms with van der Waals surface area (Å²) in [5.74, 6) is 0.523. The second-order valence-corrected chi connectivity index (χ2v) is 29.0. The van der Waals surface area contributed by atoms with E-state index in [-0.39, 0.29) is 28.4 Å². The molecule has 0 radical (unpaired) electrons. The molecule has 2 aliphatic rings. The van der Waals surface area contributed by atoms with Gasteiger partial charge in [0.25, 0.3) is 8.32 Å². The van der Waals surface area contributed by atoms with Gasteiger partial charge >= 0.3 is 7.12 Å². The molecule has 2 aromatic rings. The lowest BCUT2D eigenvalue weighted by molar-refractivity contribution is -0.173. The Kier molecular flexibility index (Phi) is 15.3. The third-order valence-electron chi connectivity index (χ3n) is 12.5. The smallest absolute Gasteiger partial charge is 0.411 e. The van der Waals surface area contributed by atoms with E-state index in [2.05, 4.69) is 163 Å². The zero-order chi connectivity index (χ0) is 40.9. The summed E-state index contributed by atoms with van der Waals surface area (Å²) in [6.07, 6.45) is 6.69. The van der Waals surface area contributed by atoms with Gasteiger partial charge in [-0.25, -0.2) is 0 Å². The largest absolute Gasteiger partial charge is 0.494 e. The minimum absolute atomic E-state index is 0.0551. The molecule has 2 saturated heterocycles. The molecule has 0 bridgehead atoms. The first-order valence-corrected chi connectivity index (χ1v) is 25.7. The van der Waals surface area contributed by atoms with Gasteiger partial charge in [0.05, 0.1) is 23.9 Å². The maximum absolute atomic E-state index is 7.35. The van der Waals surface area contributed by atoms with E-state index in [0.717, 1.165) is 43.3 Å². The average molecular weight is 791 g/mol. The van der Waals surface area contributed by atoms with E-state index in [4.69, 9.17) is 34.2 Å². The van der Waals surface area contributed by atoms with Crippen LogP contribution in [0, 0.1) is 11.8 Å². The van der Waals surface area contributed by atoms with Gasteiger partial charge in [-0.2, -0.15) is 0 Å². The van der Waals surface area contributed by atoms with Crippen molar-refractivity contribution >= 4 is 34.1 Å².